The van der Waals surface area contributed by atoms with Gasteiger partial charge in [0.05, 0.1) is 13.5 Å². The van der Waals surface area contributed by atoms with Crippen molar-refractivity contribution in [3.05, 3.63) is 29.8 Å². The van der Waals surface area contributed by atoms with Gasteiger partial charge >= 0.3 is 5.97 Å². The first-order chi connectivity index (χ1) is 9.61. The van der Waals surface area contributed by atoms with Crippen molar-refractivity contribution in [2.45, 2.75) is 50.7 Å². The number of hydrogen-bond donors (Lipinski definition) is 1. The Balaban J connectivity index is 1.79. The van der Waals surface area contributed by atoms with E-state index in [1.807, 2.05) is 24.3 Å². The summed E-state index contributed by atoms with van der Waals surface area (Å²) in [5.74, 6) is 0.591. The molecule has 4 nitrogen and oxygen atoms in total. The number of methoxy groups -OCH3 is 1. The Morgan fingerprint density at radius 3 is 2.45 bits per heavy atom. The molecule has 2 rings (SSSR count). The van der Waals surface area contributed by atoms with E-state index in [1.165, 1.54) is 6.42 Å². The van der Waals surface area contributed by atoms with E-state index >= 15 is 0 Å². The summed E-state index contributed by atoms with van der Waals surface area (Å²) in [5.41, 5.74) is 6.85. The molecule has 0 radical (unpaired) electrons. The van der Waals surface area contributed by atoms with Crippen molar-refractivity contribution in [1.29, 1.82) is 0 Å². The SMILES string of the molecule is COc1ccc(COC(=O)CC2(N)CCCCC2)cc1. The van der Waals surface area contributed by atoms with Crippen LogP contribution in [0.1, 0.15) is 44.1 Å². The molecule has 0 bridgehead atoms. The molecule has 1 saturated carbocycles. The van der Waals surface area contributed by atoms with Crippen LogP contribution in [0.25, 0.3) is 0 Å². The van der Waals surface area contributed by atoms with Crippen molar-refractivity contribution < 1.29 is 14.3 Å². The van der Waals surface area contributed by atoms with Crippen molar-refractivity contribution in [1.82, 2.24) is 0 Å². The molecule has 0 amide bonds. The number of hydrogen-bond acceptors (Lipinski definition) is 4. The summed E-state index contributed by atoms with van der Waals surface area (Å²) in [6.45, 7) is 0.291. The molecule has 0 aromatic heterocycles. The van der Waals surface area contributed by atoms with E-state index in [2.05, 4.69) is 0 Å². The third kappa shape index (κ3) is 4.23. The van der Waals surface area contributed by atoms with Crippen LogP contribution < -0.4 is 10.5 Å². The molecule has 20 heavy (non-hydrogen) atoms. The van der Waals surface area contributed by atoms with E-state index in [9.17, 15) is 4.79 Å². The Kier molecular flexibility index (Phi) is 5.01. The highest BCUT2D eigenvalue weighted by Crippen LogP contribution is 2.29. The topological polar surface area (TPSA) is 61.5 Å². The molecular weight excluding hydrogens is 254 g/mol. The third-order valence-corrected chi connectivity index (χ3v) is 3.90. The van der Waals surface area contributed by atoms with Gasteiger partial charge in [-0.1, -0.05) is 31.4 Å². The van der Waals surface area contributed by atoms with Gasteiger partial charge in [0.25, 0.3) is 0 Å². The van der Waals surface area contributed by atoms with Crippen molar-refractivity contribution >= 4 is 5.97 Å². The van der Waals surface area contributed by atoms with E-state index in [1.54, 1.807) is 7.11 Å². The molecule has 0 unspecified atom stereocenters. The van der Waals surface area contributed by atoms with Crippen molar-refractivity contribution in [2.75, 3.05) is 7.11 Å². The van der Waals surface area contributed by atoms with Gasteiger partial charge in [-0.05, 0) is 30.5 Å². The van der Waals surface area contributed by atoms with Gasteiger partial charge in [0.2, 0.25) is 0 Å². The average molecular weight is 277 g/mol. The first kappa shape index (κ1) is 14.9. The number of carbonyl (C=O) groups is 1. The van der Waals surface area contributed by atoms with Gasteiger partial charge in [-0.3, -0.25) is 4.79 Å². The van der Waals surface area contributed by atoms with Gasteiger partial charge in [-0.15, -0.1) is 0 Å². The normalized spacial score (nSPS) is 17.5. The van der Waals surface area contributed by atoms with Crippen LogP contribution >= 0.6 is 0 Å². The molecule has 4 heteroatoms. The van der Waals surface area contributed by atoms with Crippen LogP contribution in [0.2, 0.25) is 0 Å². The van der Waals surface area contributed by atoms with E-state index in [0.29, 0.717) is 13.0 Å². The quantitative estimate of drug-likeness (QED) is 0.841. The van der Waals surface area contributed by atoms with E-state index in [0.717, 1.165) is 37.0 Å². The Labute approximate surface area is 120 Å². The Bertz CT molecular complexity index is 436. The fourth-order valence-electron chi connectivity index (χ4n) is 2.66. The smallest absolute Gasteiger partial charge is 0.307 e. The maximum atomic E-state index is 11.9. The summed E-state index contributed by atoms with van der Waals surface area (Å²) in [7, 11) is 1.62. The highest BCUT2D eigenvalue weighted by atomic mass is 16.5. The van der Waals surface area contributed by atoms with E-state index < -0.39 is 0 Å². The molecule has 2 N–H and O–H groups in total. The van der Waals surface area contributed by atoms with Crippen molar-refractivity contribution in [3.63, 3.8) is 0 Å². The predicted molar refractivity (Wildman–Crippen MR) is 77.4 cm³/mol. The molecule has 0 heterocycles. The van der Waals surface area contributed by atoms with Gasteiger partial charge in [-0.25, -0.2) is 0 Å². The van der Waals surface area contributed by atoms with E-state index in [4.69, 9.17) is 15.2 Å². The molecule has 110 valence electrons. The summed E-state index contributed by atoms with van der Waals surface area (Å²) in [6, 6.07) is 7.50. The molecule has 1 aliphatic carbocycles. The van der Waals surface area contributed by atoms with Gasteiger partial charge in [0.15, 0.2) is 0 Å². The molecule has 0 spiro atoms. The van der Waals surface area contributed by atoms with Crippen LogP contribution in [0.3, 0.4) is 0 Å². The highest BCUT2D eigenvalue weighted by molar-refractivity contribution is 5.71. The summed E-state index contributed by atoms with van der Waals surface area (Å²) >= 11 is 0. The minimum atomic E-state index is -0.352. The second-order valence-corrected chi connectivity index (χ2v) is 5.61. The standard InChI is InChI=1S/C16H23NO3/c1-19-14-7-5-13(6-8-14)12-20-15(18)11-16(17)9-3-2-4-10-16/h5-8H,2-4,9-12,17H2,1H3. The first-order valence-electron chi connectivity index (χ1n) is 7.19. The maximum Gasteiger partial charge on any atom is 0.307 e. The van der Waals surface area contributed by atoms with Crippen LogP contribution in [0, 0.1) is 0 Å². The maximum absolute atomic E-state index is 11.9. The Morgan fingerprint density at radius 1 is 1.20 bits per heavy atom. The number of benzene rings is 1. The summed E-state index contributed by atoms with van der Waals surface area (Å²) in [4.78, 5) is 11.9. The Morgan fingerprint density at radius 2 is 1.85 bits per heavy atom. The molecule has 1 aromatic rings. The molecule has 1 aliphatic rings. The summed E-state index contributed by atoms with van der Waals surface area (Å²) in [5, 5.41) is 0. The lowest BCUT2D eigenvalue weighted by atomic mass is 9.80. The van der Waals surface area contributed by atoms with Crippen LogP contribution in [-0.2, 0) is 16.1 Å². The fraction of sp³-hybridized carbons (Fsp3) is 0.562. The zero-order valence-corrected chi connectivity index (χ0v) is 12.1. The lowest BCUT2D eigenvalue weighted by Crippen LogP contribution is -2.43. The molecular formula is C16H23NO3. The van der Waals surface area contributed by atoms with Crippen LogP contribution in [0.15, 0.2) is 24.3 Å². The Hall–Kier alpha value is -1.55. The number of carbonyl (C=O) groups excluding carboxylic acids is 1. The number of nitrogens with two attached hydrogens (primary N) is 1. The van der Waals surface area contributed by atoms with Crippen LogP contribution in [0.4, 0.5) is 0 Å². The first-order valence-corrected chi connectivity index (χ1v) is 7.19. The van der Waals surface area contributed by atoms with Gasteiger partial charge in [0.1, 0.15) is 12.4 Å². The number of rotatable bonds is 5. The minimum absolute atomic E-state index is 0.204. The third-order valence-electron chi connectivity index (χ3n) is 3.90. The fourth-order valence-corrected chi connectivity index (χ4v) is 2.66. The molecule has 1 fully saturated rings. The molecule has 1 aromatic carbocycles. The monoisotopic (exact) mass is 277 g/mol. The largest absolute Gasteiger partial charge is 0.497 e. The zero-order chi connectivity index (χ0) is 14.4. The molecule has 0 atom stereocenters. The van der Waals surface area contributed by atoms with Gasteiger partial charge in [0, 0.05) is 5.54 Å². The van der Waals surface area contributed by atoms with Crippen LogP contribution in [0.5, 0.6) is 5.75 Å². The second-order valence-electron chi connectivity index (χ2n) is 5.61. The van der Waals surface area contributed by atoms with Gasteiger partial charge in [-0.2, -0.15) is 0 Å². The lowest BCUT2D eigenvalue weighted by molar-refractivity contribution is -0.146. The summed E-state index contributed by atoms with van der Waals surface area (Å²) < 4.78 is 10.4. The van der Waals surface area contributed by atoms with Gasteiger partial charge < -0.3 is 15.2 Å². The van der Waals surface area contributed by atoms with Crippen molar-refractivity contribution in [3.8, 4) is 5.75 Å². The van der Waals surface area contributed by atoms with Crippen LogP contribution in [-0.4, -0.2) is 18.6 Å². The number of ether oxygens (including phenoxy) is 2. The second kappa shape index (κ2) is 6.75. The van der Waals surface area contributed by atoms with E-state index in [-0.39, 0.29) is 11.5 Å². The molecule has 0 aliphatic heterocycles. The highest BCUT2D eigenvalue weighted by Gasteiger charge is 2.30. The predicted octanol–water partition coefficient (Wildman–Crippen LogP) is 2.79. The average Bonchev–Trinajstić information content (AvgIpc) is 2.46. The summed E-state index contributed by atoms with van der Waals surface area (Å²) in [6.07, 6.45) is 5.61. The van der Waals surface area contributed by atoms with Crippen molar-refractivity contribution in [2.24, 2.45) is 5.73 Å². The zero-order valence-electron chi connectivity index (χ0n) is 12.1. The minimum Gasteiger partial charge on any atom is -0.497 e. The lowest BCUT2D eigenvalue weighted by Gasteiger charge is -2.32. The number of esters is 1. The molecule has 0 saturated heterocycles.